The fourth-order valence-corrected chi connectivity index (χ4v) is 0. The predicted octanol–water partition coefficient (Wildman–Crippen LogP) is -6.07. The second-order valence-electron chi connectivity index (χ2n) is 0. The molecule has 38 valence electrons. The van der Waals surface area contributed by atoms with Crippen LogP contribution in [0.15, 0.2) is 0 Å². The van der Waals surface area contributed by atoms with E-state index in [0.717, 1.165) is 0 Å². The molecule has 6 heteroatoms. The molecule has 0 amide bonds. The monoisotopic (exact) mass is 129 g/mol. The van der Waals surface area contributed by atoms with Crippen LogP contribution in [0, 0.1) is 0 Å². The van der Waals surface area contributed by atoms with E-state index >= 15 is 0 Å². The number of rotatable bonds is 0. The summed E-state index contributed by atoms with van der Waals surface area (Å²) in [5.41, 5.74) is 0. The van der Waals surface area contributed by atoms with Crippen LogP contribution in [0.5, 0.6) is 0 Å². The van der Waals surface area contributed by atoms with Crippen LogP contribution >= 0.6 is 0 Å². The molecule has 0 unspecified atom stereocenters. The quantitative estimate of drug-likeness (QED) is 0.288. The molecule has 0 aromatic rings. The second kappa shape index (κ2) is 123. The Kier molecular flexibility index (Phi) is 4190. The van der Waals surface area contributed by atoms with Gasteiger partial charge in [0.05, 0.1) is 0 Å². The molecule has 0 spiro atoms. The third-order valence-corrected chi connectivity index (χ3v) is 0. The first-order valence-corrected chi connectivity index (χ1v) is 0. The smallest absolute Gasteiger partial charge is 1.00 e. The molecule has 0 aliphatic carbocycles. The van der Waals surface area contributed by atoms with Gasteiger partial charge in [0.25, 0.3) is 0 Å². The standard InChI is InChI=1S/Li.4H2O.Ti.H/h;4*1H2;;/q+1;;;;;;-1/p+1. The van der Waals surface area contributed by atoms with Crippen molar-refractivity contribution in [2.45, 2.75) is 0 Å². The van der Waals surface area contributed by atoms with E-state index in [-0.39, 0.29) is 65.3 Å². The predicted molar refractivity (Wildman–Crippen MR) is 16.7 cm³/mol. The van der Waals surface area contributed by atoms with Gasteiger partial charge in [0.1, 0.15) is 0 Å². The fourth-order valence-electron chi connectivity index (χ4n) is 0. The molecule has 0 aromatic heterocycles. The Morgan fingerprint density at radius 1 is 0.833 bits per heavy atom. The first-order chi connectivity index (χ1) is 0. The Hall–Kier alpha value is 1.15. The zero-order chi connectivity index (χ0) is 0. The van der Waals surface area contributed by atoms with Gasteiger partial charge in [0.15, 0.2) is 0 Å². The van der Waals surface area contributed by atoms with Crippen LogP contribution < -0.4 is 18.9 Å². The summed E-state index contributed by atoms with van der Waals surface area (Å²) in [7, 11) is 0. The third-order valence-electron chi connectivity index (χ3n) is 0. The van der Waals surface area contributed by atoms with E-state index in [9.17, 15) is 0 Å². The summed E-state index contributed by atoms with van der Waals surface area (Å²) in [6.07, 6.45) is 0. The van der Waals surface area contributed by atoms with Gasteiger partial charge in [-0.15, -0.1) is 0 Å². The minimum atomic E-state index is 0. The Labute approximate surface area is 65.6 Å². The first-order valence-electron chi connectivity index (χ1n) is 0. The second-order valence-corrected chi connectivity index (χ2v) is 0. The Morgan fingerprint density at radius 3 is 0.833 bits per heavy atom. The summed E-state index contributed by atoms with van der Waals surface area (Å²) in [4.78, 5) is 0. The van der Waals surface area contributed by atoms with Gasteiger partial charge < -0.3 is 23.3 Å². The SMILES string of the molecule is O.O.O.O.[H+].[H-].[Li+].[Ti]. The molecule has 8 N–H and O–H groups in total. The van der Waals surface area contributed by atoms with E-state index in [4.69, 9.17) is 0 Å². The molecule has 0 fully saturated rings. The van der Waals surface area contributed by atoms with Crippen LogP contribution in [0.1, 0.15) is 2.85 Å². The zero-order valence-corrected chi connectivity index (χ0v) is 5.06. The molecule has 0 saturated carbocycles. The van der Waals surface area contributed by atoms with Crippen LogP contribution in [0.3, 0.4) is 0 Å². The van der Waals surface area contributed by atoms with Crippen molar-refractivity contribution >= 4 is 0 Å². The van der Waals surface area contributed by atoms with E-state index in [1.54, 1.807) is 0 Å². The molecule has 0 radical (unpaired) electrons. The maximum atomic E-state index is 0. The zero-order valence-electron chi connectivity index (χ0n) is 5.50. The van der Waals surface area contributed by atoms with Crippen LogP contribution in [-0.2, 0) is 21.7 Å². The van der Waals surface area contributed by atoms with Crippen LogP contribution in [-0.4, -0.2) is 21.9 Å². The van der Waals surface area contributed by atoms with E-state index in [1.165, 1.54) is 0 Å². The molecule has 0 aromatic carbocycles. The topological polar surface area (TPSA) is 126 Å². The van der Waals surface area contributed by atoms with E-state index in [1.807, 2.05) is 0 Å². The van der Waals surface area contributed by atoms with Crippen molar-refractivity contribution in [2.24, 2.45) is 0 Å². The van der Waals surface area contributed by atoms with Gasteiger partial charge >= 0.3 is 20.3 Å². The molecule has 0 saturated heterocycles. The summed E-state index contributed by atoms with van der Waals surface area (Å²) < 4.78 is 0. The van der Waals surface area contributed by atoms with Gasteiger partial charge in [-0.25, -0.2) is 0 Å². The van der Waals surface area contributed by atoms with Crippen LogP contribution in [0.25, 0.3) is 0 Å². The van der Waals surface area contributed by atoms with Crippen molar-refractivity contribution in [3.8, 4) is 0 Å². The summed E-state index contributed by atoms with van der Waals surface area (Å²) in [5.74, 6) is 0. The molecule has 0 bridgehead atoms. The maximum Gasteiger partial charge on any atom is 1.00 e. The van der Waals surface area contributed by atoms with Gasteiger partial charge in [-0.3, -0.25) is 0 Å². The average molecular weight is 129 g/mol. The van der Waals surface area contributed by atoms with Crippen molar-refractivity contribution in [3.05, 3.63) is 0 Å². The van der Waals surface area contributed by atoms with Crippen molar-refractivity contribution in [1.82, 2.24) is 0 Å². The Balaban J connectivity index is 0. The fraction of sp³-hybridized carbons (Fsp3) is 0. The van der Waals surface area contributed by atoms with Gasteiger partial charge in [0.2, 0.25) is 0 Å². The minimum absolute atomic E-state index is 0. The molecule has 6 heavy (non-hydrogen) atoms. The molecular weight excluding hydrogens is 119 g/mol. The van der Waals surface area contributed by atoms with Crippen molar-refractivity contribution < 1.29 is 65.3 Å². The van der Waals surface area contributed by atoms with E-state index < -0.39 is 0 Å². The van der Waals surface area contributed by atoms with Gasteiger partial charge in [-0.05, 0) is 0 Å². The summed E-state index contributed by atoms with van der Waals surface area (Å²) in [5, 5.41) is 0. The normalized spacial score (nSPS) is 0. The van der Waals surface area contributed by atoms with E-state index in [2.05, 4.69) is 0 Å². The number of hydrogen-bond donors (Lipinski definition) is 0. The summed E-state index contributed by atoms with van der Waals surface area (Å²) in [6.45, 7) is 0. The van der Waals surface area contributed by atoms with Crippen molar-refractivity contribution in [3.63, 3.8) is 0 Å². The Bertz CT molecular complexity index is 14.0. The third kappa shape index (κ3) is 66.9. The largest absolute Gasteiger partial charge is 1.00 e. The first kappa shape index (κ1) is 204. The van der Waals surface area contributed by atoms with Crippen molar-refractivity contribution in [1.29, 1.82) is 0 Å². The molecule has 0 aliphatic heterocycles. The van der Waals surface area contributed by atoms with Gasteiger partial charge in [-0.1, -0.05) is 0 Å². The summed E-state index contributed by atoms with van der Waals surface area (Å²) >= 11 is 0. The van der Waals surface area contributed by atoms with Crippen molar-refractivity contribution in [2.75, 3.05) is 0 Å². The molecule has 0 atom stereocenters. The molecule has 4 nitrogen and oxygen atoms in total. The van der Waals surface area contributed by atoms with Gasteiger partial charge in [-0.2, -0.15) is 0 Å². The summed E-state index contributed by atoms with van der Waals surface area (Å²) in [6, 6.07) is 0. The average Bonchev–Trinajstić information content (AvgIpc) is 0. The maximum absolute atomic E-state index is 0. The molecule has 0 heterocycles. The molecule has 0 rings (SSSR count). The molecule has 0 aliphatic rings. The van der Waals surface area contributed by atoms with Crippen LogP contribution in [0.4, 0.5) is 0 Å². The molecular formula is H10LiO4Ti+. The van der Waals surface area contributed by atoms with Gasteiger partial charge in [0, 0.05) is 21.7 Å². The van der Waals surface area contributed by atoms with E-state index in [0.29, 0.717) is 0 Å². The van der Waals surface area contributed by atoms with Crippen LogP contribution in [0.2, 0.25) is 0 Å². The minimum Gasteiger partial charge on any atom is -1.00 e. The Morgan fingerprint density at radius 2 is 0.833 bits per heavy atom. The number of hydrogen-bond acceptors (Lipinski definition) is 0.